The monoisotopic (exact) mass is 1000 g/mol. The molecule has 1 aliphatic rings. The number of carbonyl (C=O) groups is 2. The summed E-state index contributed by atoms with van der Waals surface area (Å²) in [7, 11) is 1.28. The standard InChI is InChI=1S/C54H54Cl2N6O9/c1-33-38(31-70-51-18-49(68-29-36-13-35(20-57)21-59-22-36)41(15-46(51)55)25-58-12-6-11-53(64)65)7-4-9-44(33)45-10-5-8-39(34(45)2)32-71-52-19-50(69-30-37-14-40(24-60-23-37)48-28-62-48)42(16-47(52)56)26-61-27-43(63)17-54(66)67-3/h4-11,13-16,18-24,43,57-58,61,63H,12,17,25-32H2,1-3H3,(H,64,65)/b11-6-,57-20?. The average Bonchev–Trinajstić information content (AvgIpc) is 4.22. The van der Waals surface area contributed by atoms with Crippen molar-refractivity contribution in [1.82, 2.24) is 20.6 Å². The lowest BCUT2D eigenvalue weighted by Gasteiger charge is -2.19. The number of nitrogens with zero attached hydrogens (tertiary/aromatic N) is 3. The van der Waals surface area contributed by atoms with Gasteiger partial charge in [-0.1, -0.05) is 65.7 Å². The molecule has 17 heteroatoms. The van der Waals surface area contributed by atoms with Gasteiger partial charge in [0.1, 0.15) is 49.4 Å². The van der Waals surface area contributed by atoms with Gasteiger partial charge in [0, 0.05) is 109 Å². The van der Waals surface area contributed by atoms with E-state index < -0.39 is 18.0 Å². The molecule has 71 heavy (non-hydrogen) atoms. The number of ether oxygens (including phenoxy) is 5. The maximum atomic E-state index is 11.7. The maximum absolute atomic E-state index is 11.7. The van der Waals surface area contributed by atoms with Crippen LogP contribution in [0.3, 0.4) is 0 Å². The van der Waals surface area contributed by atoms with E-state index in [1.807, 2.05) is 36.4 Å². The van der Waals surface area contributed by atoms with Crippen molar-refractivity contribution in [2.75, 3.05) is 26.7 Å². The van der Waals surface area contributed by atoms with E-state index in [1.165, 1.54) is 19.4 Å². The Balaban J connectivity index is 1.06. The van der Waals surface area contributed by atoms with E-state index in [2.05, 4.69) is 56.3 Å². The van der Waals surface area contributed by atoms with Crippen LogP contribution in [0.4, 0.5) is 0 Å². The first kappa shape index (κ1) is 51.7. The van der Waals surface area contributed by atoms with Crippen molar-refractivity contribution >= 4 is 47.1 Å². The van der Waals surface area contributed by atoms with Crippen LogP contribution in [0.5, 0.6) is 23.0 Å². The number of nitrogens with one attached hydrogen (secondary N) is 3. The molecule has 7 rings (SSSR count). The number of rotatable bonds is 26. The lowest BCUT2D eigenvalue weighted by atomic mass is 9.92. The summed E-state index contributed by atoms with van der Waals surface area (Å²) in [6, 6.07) is 23.1. The van der Waals surface area contributed by atoms with Gasteiger partial charge in [0.15, 0.2) is 0 Å². The van der Waals surface area contributed by atoms with Gasteiger partial charge in [-0.2, -0.15) is 0 Å². The normalized spacial score (nSPS) is 12.3. The highest BCUT2D eigenvalue weighted by molar-refractivity contribution is 6.32. The maximum Gasteiger partial charge on any atom is 0.328 e. The predicted octanol–water partition coefficient (Wildman–Crippen LogP) is 8.93. The van der Waals surface area contributed by atoms with Crippen molar-refractivity contribution < 1.29 is 43.5 Å². The number of aliphatic hydroxyl groups is 1. The molecular weight excluding hydrogens is 948 g/mol. The second kappa shape index (κ2) is 25.1. The Bertz CT molecular complexity index is 2950. The highest BCUT2D eigenvalue weighted by Gasteiger charge is 2.19. The van der Waals surface area contributed by atoms with Crippen molar-refractivity contribution in [2.24, 2.45) is 4.99 Å². The summed E-state index contributed by atoms with van der Waals surface area (Å²) >= 11 is 13.7. The molecule has 4 aromatic carbocycles. The number of esters is 1. The summed E-state index contributed by atoms with van der Waals surface area (Å²) in [5, 5.41) is 34.0. The van der Waals surface area contributed by atoms with Crippen molar-refractivity contribution in [3.05, 3.63) is 175 Å². The zero-order valence-corrected chi connectivity index (χ0v) is 41.0. The third-order valence-corrected chi connectivity index (χ3v) is 12.1. The molecule has 5 N–H and O–H groups in total. The quantitative estimate of drug-likeness (QED) is 0.0149. The largest absolute Gasteiger partial charge is 0.488 e. The molecule has 15 nitrogen and oxygen atoms in total. The number of carbonyl (C=O) groups excluding carboxylic acids is 1. The van der Waals surface area contributed by atoms with Crippen LogP contribution in [0.15, 0.2) is 115 Å². The van der Waals surface area contributed by atoms with Gasteiger partial charge in [-0.15, -0.1) is 0 Å². The summed E-state index contributed by atoms with van der Waals surface area (Å²) in [4.78, 5) is 35.5. The molecule has 0 aliphatic carbocycles. The summed E-state index contributed by atoms with van der Waals surface area (Å²) in [5.74, 6) is 0.358. The zero-order chi connectivity index (χ0) is 50.3. The van der Waals surface area contributed by atoms with Gasteiger partial charge in [-0.05, 0) is 71.5 Å². The average molecular weight is 1000 g/mol. The number of carboxylic acid groups (broad SMARTS) is 1. The number of aliphatic imine (C=N–C) groups is 1. The lowest BCUT2D eigenvalue weighted by Crippen LogP contribution is -2.28. The second-order valence-electron chi connectivity index (χ2n) is 16.7. The van der Waals surface area contributed by atoms with Crippen LogP contribution >= 0.6 is 23.2 Å². The number of benzene rings is 4. The first-order valence-corrected chi connectivity index (χ1v) is 23.5. The van der Waals surface area contributed by atoms with E-state index in [0.29, 0.717) is 58.2 Å². The fourth-order valence-electron chi connectivity index (χ4n) is 7.60. The number of pyridine rings is 2. The Morgan fingerprint density at radius 2 is 1.28 bits per heavy atom. The molecular formula is C54H54Cl2N6O9. The van der Waals surface area contributed by atoms with Crippen molar-refractivity contribution in [3.8, 4) is 34.1 Å². The Labute approximate surface area is 422 Å². The molecule has 368 valence electrons. The zero-order valence-electron chi connectivity index (χ0n) is 39.5. The third-order valence-electron chi connectivity index (χ3n) is 11.6. The van der Waals surface area contributed by atoms with Crippen molar-refractivity contribution in [2.45, 2.75) is 65.9 Å². The molecule has 0 radical (unpaired) electrons. The molecule has 0 saturated heterocycles. The highest BCUT2D eigenvalue weighted by Crippen LogP contribution is 2.37. The second-order valence-corrected chi connectivity index (χ2v) is 17.5. The Kier molecular flexibility index (Phi) is 18.3. The van der Waals surface area contributed by atoms with Gasteiger partial charge in [-0.3, -0.25) is 19.8 Å². The molecule has 1 atom stereocenters. The molecule has 2 aromatic heterocycles. The number of halogens is 2. The molecule has 1 unspecified atom stereocenters. The molecule has 3 heterocycles. The van der Waals surface area contributed by atoms with E-state index in [9.17, 15) is 14.7 Å². The van der Waals surface area contributed by atoms with Crippen LogP contribution in [0, 0.1) is 19.3 Å². The number of aliphatic carboxylic acids is 1. The van der Waals surface area contributed by atoms with Crippen LogP contribution < -0.4 is 29.6 Å². The van der Waals surface area contributed by atoms with Gasteiger partial charge in [0.2, 0.25) is 0 Å². The van der Waals surface area contributed by atoms with E-state index in [-0.39, 0.29) is 45.9 Å². The Hall–Kier alpha value is -7.14. The third kappa shape index (κ3) is 14.7. The smallest absolute Gasteiger partial charge is 0.328 e. The molecule has 1 aliphatic heterocycles. The molecule has 6 aromatic rings. The van der Waals surface area contributed by atoms with Gasteiger partial charge >= 0.3 is 11.9 Å². The number of hydrogen-bond donors (Lipinski definition) is 5. The molecule has 0 saturated carbocycles. The molecule has 0 amide bonds. The molecule has 0 bridgehead atoms. The van der Waals surface area contributed by atoms with E-state index in [1.54, 1.807) is 49.1 Å². The minimum absolute atomic E-state index is 0.139. The van der Waals surface area contributed by atoms with Gasteiger partial charge < -0.3 is 49.9 Å². The number of aromatic nitrogens is 2. The first-order valence-electron chi connectivity index (χ1n) is 22.7. The van der Waals surface area contributed by atoms with Crippen LogP contribution in [0.25, 0.3) is 11.1 Å². The number of hydrogen-bond acceptors (Lipinski definition) is 14. The van der Waals surface area contributed by atoms with Crippen LogP contribution in [-0.4, -0.2) is 76.9 Å². The number of aliphatic hydroxyl groups excluding tert-OH is 1. The molecule has 0 fully saturated rings. The van der Waals surface area contributed by atoms with Crippen molar-refractivity contribution in [1.29, 1.82) is 5.41 Å². The number of methoxy groups -OCH3 is 1. The molecule has 0 spiro atoms. The minimum Gasteiger partial charge on any atom is -0.488 e. The minimum atomic E-state index is -1.03. The lowest BCUT2D eigenvalue weighted by molar-refractivity contribution is -0.142. The van der Waals surface area contributed by atoms with Gasteiger partial charge in [0.25, 0.3) is 0 Å². The van der Waals surface area contributed by atoms with Crippen LogP contribution in [-0.2, 0) is 53.8 Å². The van der Waals surface area contributed by atoms with Crippen molar-refractivity contribution in [3.63, 3.8) is 0 Å². The summed E-state index contributed by atoms with van der Waals surface area (Å²) < 4.78 is 30.2. The van der Waals surface area contributed by atoms with Gasteiger partial charge in [0.05, 0.1) is 41.9 Å². The summed E-state index contributed by atoms with van der Waals surface area (Å²) in [6.07, 6.45) is 9.54. The van der Waals surface area contributed by atoms with E-state index in [4.69, 9.17) is 52.7 Å². The predicted molar refractivity (Wildman–Crippen MR) is 272 cm³/mol. The summed E-state index contributed by atoms with van der Waals surface area (Å²) in [5.41, 5.74) is 11.7. The fourth-order valence-corrected chi connectivity index (χ4v) is 8.08. The fraction of sp³-hybridized carbons (Fsp3) is 0.259. The Morgan fingerprint density at radius 1 is 0.732 bits per heavy atom. The van der Waals surface area contributed by atoms with Crippen LogP contribution in [0.1, 0.15) is 62.1 Å². The van der Waals surface area contributed by atoms with Crippen LogP contribution in [0.2, 0.25) is 10.0 Å². The van der Waals surface area contributed by atoms with E-state index >= 15 is 0 Å². The first-order chi connectivity index (χ1) is 34.4. The SMILES string of the molecule is COC(=O)CC(O)CNCc1cc(Cl)c(OCc2cccc(-c3cccc(COc4cc(OCc5cncc(C=N)c5)c(CNC/C=C\C(=O)O)cc4Cl)c3C)c2C)cc1OCc1cncc(C2=NC2)c1. The van der Waals surface area contributed by atoms with E-state index in [0.717, 1.165) is 73.0 Å². The Morgan fingerprint density at radius 3 is 1.83 bits per heavy atom. The highest BCUT2D eigenvalue weighted by atomic mass is 35.5. The topological polar surface area (TPSA) is 207 Å². The van der Waals surface area contributed by atoms with Gasteiger partial charge in [-0.25, -0.2) is 4.79 Å². The number of carboxylic acids is 1. The summed E-state index contributed by atoms with van der Waals surface area (Å²) in [6.45, 7) is 6.74.